The molecule has 2 rings (SSSR count). The van der Waals surface area contributed by atoms with Gasteiger partial charge in [-0.05, 0) is 13.0 Å². The lowest BCUT2D eigenvalue weighted by molar-refractivity contribution is 0.355. The molecule has 0 bridgehead atoms. The molecule has 0 amide bonds. The third kappa shape index (κ3) is 3.69. The molecular formula is C14H14Cl3NO2S. The highest BCUT2D eigenvalue weighted by molar-refractivity contribution is 7.20. The van der Waals surface area contributed by atoms with Crippen LogP contribution in [0.2, 0.25) is 13.7 Å². The van der Waals surface area contributed by atoms with Crippen LogP contribution in [0.4, 0.5) is 5.69 Å². The number of thiophene rings is 1. The van der Waals surface area contributed by atoms with Gasteiger partial charge in [-0.3, -0.25) is 0 Å². The summed E-state index contributed by atoms with van der Waals surface area (Å²) >= 11 is 19.7. The van der Waals surface area contributed by atoms with Crippen molar-refractivity contribution >= 4 is 51.8 Å². The van der Waals surface area contributed by atoms with Crippen molar-refractivity contribution < 1.29 is 9.47 Å². The minimum absolute atomic E-state index is 0.0446. The quantitative estimate of drug-likeness (QED) is 0.714. The number of halogens is 3. The van der Waals surface area contributed by atoms with Gasteiger partial charge in [0.15, 0.2) is 11.5 Å². The molecule has 0 aliphatic rings. The maximum Gasteiger partial charge on any atom is 0.162 e. The summed E-state index contributed by atoms with van der Waals surface area (Å²) in [5.74, 6) is 1.18. The molecule has 1 heterocycles. The van der Waals surface area contributed by atoms with Crippen LogP contribution in [0.3, 0.4) is 0 Å². The Labute approximate surface area is 142 Å². The van der Waals surface area contributed by atoms with Gasteiger partial charge in [0.2, 0.25) is 0 Å². The average molecular weight is 367 g/mol. The van der Waals surface area contributed by atoms with Gasteiger partial charge >= 0.3 is 0 Å². The number of benzene rings is 1. The normalized spacial score (nSPS) is 12.1. The largest absolute Gasteiger partial charge is 0.493 e. The van der Waals surface area contributed by atoms with E-state index in [0.29, 0.717) is 25.2 Å². The summed E-state index contributed by atoms with van der Waals surface area (Å²) in [6, 6.07) is 5.30. The zero-order chi connectivity index (χ0) is 15.6. The van der Waals surface area contributed by atoms with Crippen LogP contribution in [-0.4, -0.2) is 14.2 Å². The molecule has 0 spiro atoms. The van der Waals surface area contributed by atoms with E-state index in [1.807, 2.05) is 13.0 Å². The van der Waals surface area contributed by atoms with Crippen molar-refractivity contribution in [3.8, 4) is 11.5 Å². The Bertz CT molecular complexity index is 645. The molecule has 7 heteroatoms. The van der Waals surface area contributed by atoms with E-state index in [0.717, 1.165) is 11.3 Å². The number of methoxy groups -OCH3 is 2. The molecule has 0 radical (unpaired) electrons. The maximum absolute atomic E-state index is 6.26. The van der Waals surface area contributed by atoms with Crippen molar-refractivity contribution in [2.45, 2.75) is 13.0 Å². The maximum atomic E-state index is 6.26. The molecular weight excluding hydrogens is 353 g/mol. The van der Waals surface area contributed by atoms with E-state index in [1.54, 1.807) is 26.4 Å². The van der Waals surface area contributed by atoms with E-state index in [9.17, 15) is 0 Å². The first-order chi connectivity index (χ1) is 9.96. The van der Waals surface area contributed by atoms with Crippen LogP contribution >= 0.6 is 46.1 Å². The van der Waals surface area contributed by atoms with Crippen LogP contribution in [-0.2, 0) is 0 Å². The lowest BCUT2D eigenvalue weighted by atomic mass is 10.1. The Balaban J connectivity index is 2.28. The minimum atomic E-state index is -0.0446. The fourth-order valence-corrected chi connectivity index (χ4v) is 3.78. The van der Waals surface area contributed by atoms with E-state index >= 15 is 0 Å². The van der Waals surface area contributed by atoms with Gasteiger partial charge in [0.05, 0.1) is 39.6 Å². The molecule has 3 nitrogen and oxygen atoms in total. The second kappa shape index (κ2) is 6.97. The van der Waals surface area contributed by atoms with Crippen molar-refractivity contribution in [1.29, 1.82) is 0 Å². The number of rotatable bonds is 5. The zero-order valence-corrected chi connectivity index (χ0v) is 14.8. The molecule has 21 heavy (non-hydrogen) atoms. The molecule has 1 aromatic heterocycles. The lowest BCUT2D eigenvalue weighted by Crippen LogP contribution is -2.07. The van der Waals surface area contributed by atoms with Gasteiger partial charge in [-0.1, -0.05) is 34.8 Å². The zero-order valence-electron chi connectivity index (χ0n) is 11.7. The van der Waals surface area contributed by atoms with E-state index in [-0.39, 0.29) is 6.04 Å². The molecule has 1 aromatic carbocycles. The van der Waals surface area contributed by atoms with Crippen molar-refractivity contribution in [3.05, 3.63) is 37.5 Å². The molecule has 1 unspecified atom stereocenters. The first-order valence-corrected chi connectivity index (χ1v) is 8.04. The molecule has 1 N–H and O–H groups in total. The van der Waals surface area contributed by atoms with Crippen molar-refractivity contribution in [2.75, 3.05) is 19.5 Å². The van der Waals surface area contributed by atoms with Crippen molar-refractivity contribution in [3.63, 3.8) is 0 Å². The van der Waals surface area contributed by atoms with Crippen LogP contribution in [0.1, 0.15) is 18.5 Å². The molecule has 0 aliphatic heterocycles. The van der Waals surface area contributed by atoms with Gasteiger partial charge in [-0.2, -0.15) is 0 Å². The molecule has 1 atom stereocenters. The van der Waals surface area contributed by atoms with Gasteiger partial charge < -0.3 is 14.8 Å². The molecule has 2 aromatic rings. The fraction of sp³-hybridized carbons (Fsp3) is 0.286. The van der Waals surface area contributed by atoms with Crippen molar-refractivity contribution in [1.82, 2.24) is 0 Å². The Morgan fingerprint density at radius 1 is 1.05 bits per heavy atom. The van der Waals surface area contributed by atoms with Crippen LogP contribution in [0, 0.1) is 0 Å². The molecule has 114 valence electrons. The molecule has 0 saturated heterocycles. The summed E-state index contributed by atoms with van der Waals surface area (Å²) < 4.78 is 11.8. The summed E-state index contributed by atoms with van der Waals surface area (Å²) in [4.78, 5) is 0. The van der Waals surface area contributed by atoms with E-state index < -0.39 is 0 Å². The highest BCUT2D eigenvalue weighted by Crippen LogP contribution is 2.40. The van der Waals surface area contributed by atoms with E-state index in [2.05, 4.69) is 5.32 Å². The first-order valence-electron chi connectivity index (χ1n) is 6.09. The summed E-state index contributed by atoms with van der Waals surface area (Å²) in [7, 11) is 3.14. The average Bonchev–Trinajstić information content (AvgIpc) is 2.79. The van der Waals surface area contributed by atoms with Gasteiger partial charge in [-0.25, -0.2) is 0 Å². The summed E-state index contributed by atoms with van der Waals surface area (Å²) in [6.45, 7) is 1.98. The smallest absolute Gasteiger partial charge is 0.162 e. The monoisotopic (exact) mass is 365 g/mol. The number of ether oxygens (including phenoxy) is 2. The highest BCUT2D eigenvalue weighted by atomic mass is 35.5. The summed E-state index contributed by atoms with van der Waals surface area (Å²) in [5.41, 5.74) is 1.66. The van der Waals surface area contributed by atoms with Gasteiger partial charge in [0.25, 0.3) is 0 Å². The molecule has 0 fully saturated rings. The third-order valence-corrected chi connectivity index (χ3v) is 4.83. The first kappa shape index (κ1) is 16.6. The standard InChI is InChI=1S/C14H14Cl3NO2S/c1-7(8-4-13(16)21-14(8)17)18-10-6-12(20-3)11(19-2)5-9(10)15/h4-7,18H,1-3H3. The van der Waals surface area contributed by atoms with Crippen LogP contribution in [0.15, 0.2) is 18.2 Å². The Morgan fingerprint density at radius 2 is 1.67 bits per heavy atom. The Morgan fingerprint density at radius 3 is 2.19 bits per heavy atom. The second-order valence-corrected chi connectivity index (χ2v) is 7.03. The van der Waals surface area contributed by atoms with Gasteiger partial charge in [-0.15, -0.1) is 11.3 Å². The van der Waals surface area contributed by atoms with Crippen molar-refractivity contribution in [2.24, 2.45) is 0 Å². The SMILES string of the molecule is COc1cc(Cl)c(NC(C)c2cc(Cl)sc2Cl)cc1OC. The van der Waals surface area contributed by atoms with E-state index in [1.165, 1.54) is 11.3 Å². The topological polar surface area (TPSA) is 30.5 Å². The molecule has 0 aliphatic carbocycles. The number of hydrogen-bond acceptors (Lipinski definition) is 4. The lowest BCUT2D eigenvalue weighted by Gasteiger charge is -2.18. The Hall–Kier alpha value is -0.810. The van der Waals surface area contributed by atoms with Gasteiger partial charge in [0, 0.05) is 17.7 Å². The number of hydrogen-bond donors (Lipinski definition) is 1. The van der Waals surface area contributed by atoms with E-state index in [4.69, 9.17) is 44.3 Å². The van der Waals surface area contributed by atoms with Gasteiger partial charge in [0.1, 0.15) is 0 Å². The number of anilines is 1. The number of nitrogens with one attached hydrogen (secondary N) is 1. The highest BCUT2D eigenvalue weighted by Gasteiger charge is 2.16. The third-order valence-electron chi connectivity index (χ3n) is 2.99. The minimum Gasteiger partial charge on any atom is -0.493 e. The van der Waals surface area contributed by atoms with Crippen LogP contribution in [0.5, 0.6) is 11.5 Å². The summed E-state index contributed by atoms with van der Waals surface area (Å²) in [5, 5.41) is 3.84. The van der Waals surface area contributed by atoms with Crippen LogP contribution < -0.4 is 14.8 Å². The van der Waals surface area contributed by atoms with Crippen LogP contribution in [0.25, 0.3) is 0 Å². The molecule has 0 saturated carbocycles. The summed E-state index contributed by atoms with van der Waals surface area (Å²) in [6.07, 6.45) is 0. The second-order valence-electron chi connectivity index (χ2n) is 4.33. The predicted octanol–water partition coefficient (Wildman–Crippen LogP) is 5.90. The Kier molecular flexibility index (Phi) is 5.49. The fourth-order valence-electron chi connectivity index (χ4n) is 1.92. The predicted molar refractivity (Wildman–Crippen MR) is 90.9 cm³/mol.